The lowest BCUT2D eigenvalue weighted by atomic mass is 10.1. The molecule has 25 heavy (non-hydrogen) atoms. The second-order valence-corrected chi connectivity index (χ2v) is 6.13. The summed E-state index contributed by atoms with van der Waals surface area (Å²) in [5.74, 6) is 2.29. The van der Waals surface area contributed by atoms with Crippen molar-refractivity contribution >= 4 is 17.5 Å². The van der Waals surface area contributed by atoms with E-state index in [4.69, 9.17) is 11.2 Å². The van der Waals surface area contributed by atoms with Crippen LogP contribution in [0.25, 0.3) is 0 Å². The molecule has 2 atom stereocenters. The summed E-state index contributed by atoms with van der Waals surface area (Å²) in [7, 11) is 0. The first kappa shape index (κ1) is 17.4. The fourth-order valence-electron chi connectivity index (χ4n) is 3.08. The van der Waals surface area contributed by atoms with Gasteiger partial charge in [0.05, 0.1) is 38.4 Å². The topological polar surface area (TPSA) is 82.7 Å². The number of anilines is 1. The number of terminal acetylenes is 1. The van der Waals surface area contributed by atoms with E-state index in [9.17, 15) is 9.59 Å². The molecule has 2 aliphatic rings. The van der Waals surface area contributed by atoms with Gasteiger partial charge in [0.2, 0.25) is 11.8 Å². The van der Waals surface area contributed by atoms with Gasteiger partial charge in [0, 0.05) is 24.3 Å². The quantitative estimate of drug-likeness (QED) is 0.676. The van der Waals surface area contributed by atoms with Gasteiger partial charge in [-0.05, 0) is 18.2 Å². The molecule has 7 heteroatoms. The Bertz CT molecular complexity index is 679. The highest BCUT2D eigenvalue weighted by molar-refractivity contribution is 5.91. The summed E-state index contributed by atoms with van der Waals surface area (Å²) in [6.07, 6.45) is 5.42. The van der Waals surface area contributed by atoms with Crippen molar-refractivity contribution in [1.29, 1.82) is 0 Å². The average molecular weight is 342 g/mol. The second kappa shape index (κ2) is 8.12. The van der Waals surface area contributed by atoms with Crippen LogP contribution >= 0.6 is 0 Å². The molecule has 2 amide bonds. The van der Waals surface area contributed by atoms with Crippen LogP contribution in [0.2, 0.25) is 0 Å². The Morgan fingerprint density at radius 3 is 2.96 bits per heavy atom. The Labute approximate surface area is 147 Å². The number of ether oxygens (including phenoxy) is 1. The first-order chi connectivity index (χ1) is 12.1. The molecule has 2 fully saturated rings. The highest BCUT2D eigenvalue weighted by Gasteiger charge is 2.31. The molecule has 0 bridgehead atoms. The molecule has 1 aromatic carbocycles. The van der Waals surface area contributed by atoms with E-state index in [-0.39, 0.29) is 24.4 Å². The lowest BCUT2D eigenvalue weighted by molar-refractivity contribution is -0.128. The number of hydrogen-bond acceptors (Lipinski definition) is 5. The molecule has 3 N–H and O–H groups in total. The van der Waals surface area contributed by atoms with Gasteiger partial charge in [0.15, 0.2) is 0 Å². The van der Waals surface area contributed by atoms with Crippen LogP contribution in [0.5, 0.6) is 0 Å². The first-order valence-electron chi connectivity index (χ1n) is 8.38. The number of rotatable bonds is 4. The monoisotopic (exact) mass is 342 g/mol. The molecule has 2 unspecified atom stereocenters. The predicted octanol–water partition coefficient (Wildman–Crippen LogP) is 0.0904. The molecule has 0 spiro atoms. The summed E-state index contributed by atoms with van der Waals surface area (Å²) >= 11 is 0. The van der Waals surface area contributed by atoms with E-state index in [2.05, 4.69) is 26.8 Å². The van der Waals surface area contributed by atoms with Crippen molar-refractivity contribution in [2.24, 2.45) is 0 Å². The van der Waals surface area contributed by atoms with Gasteiger partial charge < -0.3 is 15.4 Å². The number of carbonyl (C=O) groups is 2. The van der Waals surface area contributed by atoms with Crippen LogP contribution in [-0.4, -0.2) is 55.3 Å². The zero-order valence-electron chi connectivity index (χ0n) is 14.0. The molecule has 3 rings (SSSR count). The van der Waals surface area contributed by atoms with Crippen molar-refractivity contribution in [3.8, 4) is 12.3 Å². The molecular formula is C18H22N4O3. The number of carbonyl (C=O) groups excluding carboxylic acids is 2. The van der Waals surface area contributed by atoms with Crippen molar-refractivity contribution < 1.29 is 14.3 Å². The van der Waals surface area contributed by atoms with E-state index >= 15 is 0 Å². The Morgan fingerprint density at radius 1 is 1.40 bits per heavy atom. The first-order valence-corrected chi connectivity index (χ1v) is 8.38. The summed E-state index contributed by atoms with van der Waals surface area (Å²) in [5, 5.41) is 8.98. The third-order valence-corrected chi connectivity index (χ3v) is 4.30. The summed E-state index contributed by atoms with van der Waals surface area (Å²) in [6.45, 7) is 2.89. The molecule has 0 aliphatic carbocycles. The zero-order valence-corrected chi connectivity index (χ0v) is 14.0. The van der Waals surface area contributed by atoms with Crippen molar-refractivity contribution in [1.82, 2.24) is 15.5 Å². The molecule has 132 valence electrons. The van der Waals surface area contributed by atoms with Crippen molar-refractivity contribution in [3.05, 3.63) is 29.8 Å². The van der Waals surface area contributed by atoms with Crippen LogP contribution in [0.3, 0.4) is 0 Å². The Kier molecular flexibility index (Phi) is 5.66. The van der Waals surface area contributed by atoms with Gasteiger partial charge in [-0.1, -0.05) is 12.0 Å². The Hall–Kier alpha value is -2.40. The van der Waals surface area contributed by atoms with Gasteiger partial charge in [-0.2, -0.15) is 0 Å². The number of morpholine rings is 1. The maximum absolute atomic E-state index is 12.3. The van der Waals surface area contributed by atoms with Crippen LogP contribution < -0.4 is 16.0 Å². The Morgan fingerprint density at radius 2 is 2.20 bits per heavy atom. The number of amides is 2. The third kappa shape index (κ3) is 4.79. The fourth-order valence-corrected chi connectivity index (χ4v) is 3.08. The highest BCUT2D eigenvalue weighted by Crippen LogP contribution is 2.13. The van der Waals surface area contributed by atoms with Crippen LogP contribution in [-0.2, 0) is 14.3 Å². The highest BCUT2D eigenvalue weighted by atomic mass is 16.5. The van der Waals surface area contributed by atoms with Crippen LogP contribution in [0.1, 0.15) is 18.4 Å². The largest absolute Gasteiger partial charge is 0.379 e. The molecule has 1 aromatic rings. The van der Waals surface area contributed by atoms with E-state index in [0.29, 0.717) is 30.9 Å². The number of benzene rings is 1. The van der Waals surface area contributed by atoms with Gasteiger partial charge in [-0.15, -0.1) is 6.42 Å². The normalized spacial score (nSPS) is 24.2. The molecule has 0 aromatic heterocycles. The van der Waals surface area contributed by atoms with E-state index in [1.807, 2.05) is 0 Å². The standard InChI is InChI=1S/C18H22N4O3/c1-2-13-4-3-5-14(10-13)19-17(23)11-15-20-16(12-18(24)21-15)22-6-8-25-9-7-22/h1,3-5,10,15-16,20H,6-9,11-12H2,(H,19,23)(H,21,24). The predicted molar refractivity (Wildman–Crippen MR) is 93.5 cm³/mol. The van der Waals surface area contributed by atoms with Crippen LogP contribution in [0, 0.1) is 12.3 Å². The lowest BCUT2D eigenvalue weighted by Crippen LogP contribution is -2.63. The van der Waals surface area contributed by atoms with E-state index in [1.54, 1.807) is 24.3 Å². The molecule has 2 heterocycles. The molecular weight excluding hydrogens is 320 g/mol. The minimum absolute atomic E-state index is 0.0534. The van der Waals surface area contributed by atoms with Crippen molar-refractivity contribution in [2.75, 3.05) is 31.6 Å². The Balaban J connectivity index is 1.56. The number of nitrogens with zero attached hydrogens (tertiary/aromatic N) is 1. The van der Waals surface area contributed by atoms with Gasteiger partial charge in [-0.3, -0.25) is 19.8 Å². The summed E-state index contributed by atoms with van der Waals surface area (Å²) < 4.78 is 5.35. The lowest BCUT2D eigenvalue weighted by Gasteiger charge is -2.40. The van der Waals surface area contributed by atoms with Crippen LogP contribution in [0.15, 0.2) is 24.3 Å². The van der Waals surface area contributed by atoms with Crippen molar-refractivity contribution in [3.63, 3.8) is 0 Å². The van der Waals surface area contributed by atoms with Gasteiger partial charge in [-0.25, -0.2) is 0 Å². The fraction of sp³-hybridized carbons (Fsp3) is 0.444. The SMILES string of the molecule is C#Cc1cccc(NC(=O)CC2NC(=O)CC(N3CCOCC3)N2)c1. The van der Waals surface area contributed by atoms with Crippen LogP contribution in [0.4, 0.5) is 5.69 Å². The summed E-state index contributed by atoms with van der Waals surface area (Å²) in [5.41, 5.74) is 1.35. The zero-order chi connectivity index (χ0) is 17.6. The summed E-state index contributed by atoms with van der Waals surface area (Å²) in [6, 6.07) is 7.11. The molecule has 0 radical (unpaired) electrons. The number of hydrogen-bond donors (Lipinski definition) is 3. The second-order valence-electron chi connectivity index (χ2n) is 6.13. The average Bonchev–Trinajstić information content (AvgIpc) is 2.62. The summed E-state index contributed by atoms with van der Waals surface area (Å²) in [4.78, 5) is 26.5. The maximum atomic E-state index is 12.3. The molecule has 7 nitrogen and oxygen atoms in total. The molecule has 2 aliphatic heterocycles. The maximum Gasteiger partial charge on any atom is 0.227 e. The van der Waals surface area contributed by atoms with E-state index in [1.165, 1.54) is 0 Å². The minimum Gasteiger partial charge on any atom is -0.379 e. The van der Waals surface area contributed by atoms with Crippen molar-refractivity contribution in [2.45, 2.75) is 25.2 Å². The van der Waals surface area contributed by atoms with Gasteiger partial charge in [0.25, 0.3) is 0 Å². The van der Waals surface area contributed by atoms with Gasteiger partial charge >= 0.3 is 0 Å². The third-order valence-electron chi connectivity index (χ3n) is 4.30. The van der Waals surface area contributed by atoms with E-state index in [0.717, 1.165) is 13.1 Å². The molecule has 2 saturated heterocycles. The number of nitrogens with one attached hydrogen (secondary N) is 3. The van der Waals surface area contributed by atoms with Gasteiger partial charge in [0.1, 0.15) is 0 Å². The smallest absolute Gasteiger partial charge is 0.227 e. The minimum atomic E-state index is -0.398. The molecule has 0 saturated carbocycles. The van der Waals surface area contributed by atoms with E-state index < -0.39 is 6.17 Å².